The zero-order chi connectivity index (χ0) is 14.2. The van der Waals surface area contributed by atoms with E-state index < -0.39 is 20.3 Å². The molecule has 0 aromatic rings. The normalized spacial score (nSPS) is 11.6. The van der Waals surface area contributed by atoms with Crippen LogP contribution in [0.25, 0.3) is 0 Å². The van der Waals surface area contributed by atoms with E-state index in [1.807, 2.05) is 14.1 Å². The van der Waals surface area contributed by atoms with Crippen LogP contribution in [0.15, 0.2) is 12.2 Å². The number of phosphoric ester groups is 1. The molecule has 0 radical (unpaired) electrons. The van der Waals surface area contributed by atoms with Gasteiger partial charge in [-0.05, 0) is 33.5 Å². The smallest absolute Gasteiger partial charge is 0.352 e. The molecule has 7 nitrogen and oxygen atoms in total. The van der Waals surface area contributed by atoms with Gasteiger partial charge in [0.15, 0.2) is 0 Å². The third kappa shape index (κ3) is 10.4. The van der Waals surface area contributed by atoms with E-state index in [0.717, 1.165) is 19.4 Å². The molecular weight excluding hydrogens is 259 g/mol. The van der Waals surface area contributed by atoms with Gasteiger partial charge in [0, 0.05) is 12.1 Å². The van der Waals surface area contributed by atoms with Gasteiger partial charge < -0.3 is 20.0 Å². The van der Waals surface area contributed by atoms with Gasteiger partial charge >= 0.3 is 7.82 Å². The first-order valence-corrected chi connectivity index (χ1v) is 7.06. The Morgan fingerprint density at radius 1 is 1.39 bits per heavy atom. The highest BCUT2D eigenvalue weighted by Gasteiger charge is 2.16. The third-order valence-corrected chi connectivity index (χ3v) is 2.51. The molecular formula is C10H21N2O5P. The Morgan fingerprint density at radius 3 is 2.50 bits per heavy atom. The van der Waals surface area contributed by atoms with Gasteiger partial charge in [-0.15, -0.1) is 0 Å². The molecule has 0 heterocycles. The lowest BCUT2D eigenvalue weighted by atomic mass is 10.2. The molecule has 8 heteroatoms. The predicted molar refractivity (Wildman–Crippen MR) is 67.9 cm³/mol. The highest BCUT2D eigenvalue weighted by Crippen LogP contribution is 2.35. The van der Waals surface area contributed by atoms with Gasteiger partial charge in [0.25, 0.3) is 0 Å². The molecule has 0 atom stereocenters. The fraction of sp³-hybridized carbons (Fsp3) is 0.700. The maximum absolute atomic E-state index is 11.4. The van der Waals surface area contributed by atoms with Gasteiger partial charge in [-0.3, -0.25) is 9.32 Å². The lowest BCUT2D eigenvalue weighted by Gasteiger charge is -2.10. The summed E-state index contributed by atoms with van der Waals surface area (Å²) in [7, 11) is -0.609. The van der Waals surface area contributed by atoms with Crippen molar-refractivity contribution < 1.29 is 23.7 Å². The Morgan fingerprint density at radius 2 is 2.00 bits per heavy atom. The molecule has 0 spiro atoms. The van der Waals surface area contributed by atoms with Crippen molar-refractivity contribution >= 4 is 13.7 Å². The monoisotopic (exact) mass is 280 g/mol. The molecule has 0 bridgehead atoms. The predicted octanol–water partition coefficient (Wildman–Crippen LogP) is 0.110. The second kappa shape index (κ2) is 8.39. The minimum absolute atomic E-state index is 0.00839. The van der Waals surface area contributed by atoms with E-state index >= 15 is 0 Å². The standard InChI is InChI=1S/C10H21N2O5P/c1-9(8-17-18(14,15)16)10(13)11-6-4-5-7-12(2)3/h1,4-8H2,2-3H3,(H,11,13)(H2,14,15,16). The summed E-state index contributed by atoms with van der Waals surface area (Å²) in [5.74, 6) is -0.451. The van der Waals surface area contributed by atoms with E-state index in [2.05, 4.69) is 21.3 Å². The molecule has 1 amide bonds. The minimum atomic E-state index is -4.55. The number of nitrogens with one attached hydrogen (secondary N) is 1. The third-order valence-electron chi connectivity index (χ3n) is 2.05. The van der Waals surface area contributed by atoms with E-state index in [9.17, 15) is 9.36 Å². The summed E-state index contributed by atoms with van der Waals surface area (Å²) in [6, 6.07) is 0. The summed E-state index contributed by atoms with van der Waals surface area (Å²) >= 11 is 0. The van der Waals surface area contributed by atoms with Crippen molar-refractivity contribution in [2.24, 2.45) is 0 Å². The maximum Gasteiger partial charge on any atom is 0.469 e. The largest absolute Gasteiger partial charge is 0.469 e. The zero-order valence-corrected chi connectivity index (χ0v) is 11.7. The van der Waals surface area contributed by atoms with Crippen LogP contribution in [0.3, 0.4) is 0 Å². The van der Waals surface area contributed by atoms with E-state index in [1.54, 1.807) is 0 Å². The van der Waals surface area contributed by atoms with Crippen LogP contribution in [-0.4, -0.2) is 54.4 Å². The fourth-order valence-corrected chi connectivity index (χ4v) is 1.43. The van der Waals surface area contributed by atoms with E-state index in [0.29, 0.717) is 6.54 Å². The average Bonchev–Trinajstić information content (AvgIpc) is 2.23. The summed E-state index contributed by atoms with van der Waals surface area (Å²) in [4.78, 5) is 30.4. The number of hydrogen-bond donors (Lipinski definition) is 3. The molecule has 106 valence electrons. The Kier molecular flexibility index (Phi) is 8.06. The van der Waals surface area contributed by atoms with Crippen molar-refractivity contribution in [3.05, 3.63) is 12.2 Å². The second-order valence-corrected chi connectivity index (χ2v) is 5.37. The topological polar surface area (TPSA) is 99.1 Å². The second-order valence-electron chi connectivity index (χ2n) is 4.13. The van der Waals surface area contributed by atoms with Crippen molar-refractivity contribution in [1.29, 1.82) is 0 Å². The maximum atomic E-state index is 11.4. The number of nitrogens with zero attached hydrogens (tertiary/aromatic N) is 1. The number of unbranched alkanes of at least 4 members (excludes halogenated alkanes) is 1. The number of carbonyl (C=O) groups excluding carboxylic acids is 1. The van der Waals surface area contributed by atoms with Gasteiger partial charge in [0.1, 0.15) is 0 Å². The van der Waals surface area contributed by atoms with Crippen LogP contribution in [0.5, 0.6) is 0 Å². The van der Waals surface area contributed by atoms with Crippen molar-refractivity contribution in [2.45, 2.75) is 12.8 Å². The summed E-state index contributed by atoms with van der Waals surface area (Å²) < 4.78 is 14.6. The molecule has 0 aliphatic rings. The summed E-state index contributed by atoms with van der Waals surface area (Å²) in [6.45, 7) is 4.36. The molecule has 0 saturated heterocycles. The first-order valence-electron chi connectivity index (χ1n) is 5.53. The number of amides is 1. The minimum Gasteiger partial charge on any atom is -0.352 e. The van der Waals surface area contributed by atoms with E-state index in [4.69, 9.17) is 9.79 Å². The highest BCUT2D eigenvalue weighted by atomic mass is 31.2. The SMILES string of the molecule is C=C(COP(=O)(O)O)C(=O)NCCCCN(C)C. The molecule has 0 aliphatic heterocycles. The van der Waals surface area contributed by atoms with Crippen molar-refractivity contribution in [3.63, 3.8) is 0 Å². The van der Waals surface area contributed by atoms with E-state index in [-0.39, 0.29) is 5.57 Å². The van der Waals surface area contributed by atoms with Crippen LogP contribution in [0, 0.1) is 0 Å². The van der Waals surface area contributed by atoms with Crippen LogP contribution >= 0.6 is 7.82 Å². The van der Waals surface area contributed by atoms with Gasteiger partial charge in [0.2, 0.25) is 5.91 Å². The highest BCUT2D eigenvalue weighted by molar-refractivity contribution is 7.46. The lowest BCUT2D eigenvalue weighted by Crippen LogP contribution is -2.27. The molecule has 0 aliphatic carbocycles. The van der Waals surface area contributed by atoms with Crippen LogP contribution in [0.1, 0.15) is 12.8 Å². The van der Waals surface area contributed by atoms with Crippen molar-refractivity contribution in [3.8, 4) is 0 Å². The summed E-state index contributed by atoms with van der Waals surface area (Å²) in [5, 5.41) is 2.60. The Bertz CT molecular complexity index is 326. The van der Waals surface area contributed by atoms with Gasteiger partial charge in [-0.2, -0.15) is 0 Å². The van der Waals surface area contributed by atoms with E-state index in [1.165, 1.54) is 0 Å². The Balaban J connectivity index is 3.69. The Labute approximate surface area is 107 Å². The first kappa shape index (κ1) is 17.3. The number of carbonyl (C=O) groups is 1. The van der Waals surface area contributed by atoms with Crippen LogP contribution in [-0.2, 0) is 13.9 Å². The molecule has 18 heavy (non-hydrogen) atoms. The average molecular weight is 280 g/mol. The lowest BCUT2D eigenvalue weighted by molar-refractivity contribution is -0.117. The van der Waals surface area contributed by atoms with Crippen molar-refractivity contribution in [2.75, 3.05) is 33.8 Å². The van der Waals surface area contributed by atoms with Crippen molar-refractivity contribution in [1.82, 2.24) is 10.2 Å². The Hall–Kier alpha value is -0.720. The fourth-order valence-electron chi connectivity index (χ4n) is 1.11. The molecule has 0 saturated carbocycles. The molecule has 0 fully saturated rings. The number of phosphoric acid groups is 1. The molecule has 0 rings (SSSR count). The number of hydrogen-bond acceptors (Lipinski definition) is 4. The summed E-state index contributed by atoms with van der Waals surface area (Å²) in [6.07, 6.45) is 1.79. The molecule has 0 unspecified atom stereocenters. The molecule has 0 aromatic heterocycles. The van der Waals surface area contributed by atoms with Gasteiger partial charge in [-0.1, -0.05) is 6.58 Å². The van der Waals surface area contributed by atoms with Gasteiger partial charge in [0.05, 0.1) is 6.61 Å². The van der Waals surface area contributed by atoms with Gasteiger partial charge in [-0.25, -0.2) is 4.57 Å². The number of rotatable bonds is 9. The first-order chi connectivity index (χ1) is 8.22. The van der Waals surface area contributed by atoms with Crippen LogP contribution in [0.2, 0.25) is 0 Å². The van der Waals surface area contributed by atoms with Crippen LogP contribution < -0.4 is 5.32 Å². The molecule has 0 aromatic carbocycles. The zero-order valence-electron chi connectivity index (χ0n) is 10.8. The quantitative estimate of drug-likeness (QED) is 0.315. The summed E-state index contributed by atoms with van der Waals surface area (Å²) in [5.41, 5.74) is -0.00839. The molecule has 3 N–H and O–H groups in total. The van der Waals surface area contributed by atoms with Crippen LogP contribution in [0.4, 0.5) is 0 Å².